The van der Waals surface area contributed by atoms with E-state index >= 15 is 0 Å². The number of carboxylic acid groups (broad SMARTS) is 1. The number of carboxylic acids is 1. The second-order valence-electron chi connectivity index (χ2n) is 10.4. The van der Waals surface area contributed by atoms with Crippen molar-refractivity contribution in [1.82, 2.24) is 0 Å². The van der Waals surface area contributed by atoms with E-state index in [-0.39, 0.29) is 24.4 Å². The van der Waals surface area contributed by atoms with E-state index in [1.54, 1.807) is 0 Å². The largest absolute Gasteiger partial charge is 1.00 e. The first-order chi connectivity index (χ1) is 12.2. The first-order valence-electron chi connectivity index (χ1n) is 10.4. The highest BCUT2D eigenvalue weighted by atomic mass is 35.5. The maximum Gasteiger partial charge on any atom is 0.370 e. The van der Waals surface area contributed by atoms with Gasteiger partial charge in [-0.05, 0) is 72.2 Å². The molecule has 2 unspecified atom stereocenters. The monoisotopic (exact) mass is 391 g/mol. The van der Waals surface area contributed by atoms with Gasteiger partial charge < -0.3 is 17.5 Å². The van der Waals surface area contributed by atoms with Gasteiger partial charge in [0.2, 0.25) is 6.54 Å². The molecule has 0 radical (unpaired) electrons. The Kier molecular flexibility index (Phi) is 5.16. The van der Waals surface area contributed by atoms with Crippen molar-refractivity contribution < 1.29 is 26.9 Å². The number of rotatable bonds is 2. The molecule has 0 bridgehead atoms. The molecule has 2 saturated carbocycles. The summed E-state index contributed by atoms with van der Waals surface area (Å²) < 4.78 is 1.84. The van der Waals surface area contributed by atoms with E-state index in [2.05, 4.69) is 40.0 Å². The highest BCUT2D eigenvalue weighted by Gasteiger charge is 2.59. The summed E-state index contributed by atoms with van der Waals surface area (Å²) in [7, 11) is 0. The second kappa shape index (κ2) is 6.76. The number of aliphatic carboxylic acids is 1. The fourth-order valence-corrected chi connectivity index (χ4v) is 7.52. The van der Waals surface area contributed by atoms with Crippen LogP contribution in [-0.4, -0.2) is 11.1 Å². The molecule has 1 heterocycles. The Labute approximate surface area is 170 Å². The molecule has 1 aromatic heterocycles. The molecule has 0 amide bonds. The lowest BCUT2D eigenvalue weighted by molar-refractivity contribution is -0.686. The van der Waals surface area contributed by atoms with E-state index in [1.807, 2.05) is 10.8 Å². The van der Waals surface area contributed by atoms with Crippen molar-refractivity contribution in [1.29, 1.82) is 0 Å². The quantitative estimate of drug-likeness (QED) is 0.776. The molecule has 4 heteroatoms. The van der Waals surface area contributed by atoms with E-state index in [0.717, 1.165) is 18.3 Å². The zero-order valence-electron chi connectivity index (χ0n) is 17.2. The lowest BCUT2D eigenvalue weighted by Crippen LogP contribution is -3.00. The highest BCUT2D eigenvalue weighted by molar-refractivity contribution is 5.64. The fraction of sp³-hybridized carbons (Fsp3) is 0.739. The average molecular weight is 392 g/mol. The molecule has 0 spiro atoms. The van der Waals surface area contributed by atoms with Crippen molar-refractivity contribution in [2.45, 2.75) is 84.6 Å². The van der Waals surface area contributed by atoms with E-state index in [4.69, 9.17) is 5.11 Å². The van der Waals surface area contributed by atoms with Crippen LogP contribution in [0.25, 0.3) is 0 Å². The molecule has 1 aromatic rings. The number of nitrogens with zero attached hydrogens (tertiary/aromatic N) is 1. The second-order valence-corrected chi connectivity index (χ2v) is 10.4. The van der Waals surface area contributed by atoms with Crippen molar-refractivity contribution in [3.63, 3.8) is 0 Å². The van der Waals surface area contributed by atoms with E-state index in [0.29, 0.717) is 10.8 Å². The van der Waals surface area contributed by atoms with E-state index < -0.39 is 5.97 Å². The predicted octanol–water partition coefficient (Wildman–Crippen LogP) is 1.51. The Morgan fingerprint density at radius 3 is 2.59 bits per heavy atom. The third-order valence-corrected chi connectivity index (χ3v) is 8.53. The Morgan fingerprint density at radius 2 is 1.89 bits per heavy atom. The van der Waals surface area contributed by atoms with Crippen LogP contribution in [0.3, 0.4) is 0 Å². The zero-order chi connectivity index (χ0) is 18.7. The number of hydrogen-bond acceptors (Lipinski definition) is 1. The summed E-state index contributed by atoms with van der Waals surface area (Å²) in [6, 6.07) is 2.24. The molecule has 0 saturated heterocycles. The molecule has 27 heavy (non-hydrogen) atoms. The van der Waals surface area contributed by atoms with Gasteiger partial charge in [0.05, 0.1) is 0 Å². The Hall–Kier alpha value is -1.09. The van der Waals surface area contributed by atoms with Gasteiger partial charge in [0.1, 0.15) is 0 Å². The number of pyridine rings is 1. The standard InChI is InChI=1S/C23H33NO2.ClH/c1-21(2)10-5-11-23(4)18(21)8-12-22(3)17-9-13-24(15-20(25)26)14-16(17)6-7-19(22)23;/h9,13-14,18-19H,5-8,10-12,15H2,1-4H3;1H/t18?,19?,22-,23-;/m0./s1. The maximum atomic E-state index is 11.1. The SMILES string of the molecule is CC1(C)CCC[C@@]2(C)C1CC[C@@]1(C)c3cc[n+](CC(=O)O)cc3CCC21.[Cl-]. The van der Waals surface area contributed by atoms with Crippen molar-refractivity contribution in [3.05, 3.63) is 29.6 Å². The number of halogens is 1. The molecule has 1 N–H and O–H groups in total. The molecule has 3 aliphatic rings. The third kappa shape index (κ3) is 3.10. The van der Waals surface area contributed by atoms with Gasteiger partial charge in [0, 0.05) is 11.6 Å². The minimum absolute atomic E-state index is 0. The minimum Gasteiger partial charge on any atom is -1.00 e. The third-order valence-electron chi connectivity index (χ3n) is 8.53. The van der Waals surface area contributed by atoms with Gasteiger partial charge in [-0.1, -0.05) is 34.1 Å². The summed E-state index contributed by atoms with van der Waals surface area (Å²) in [6.07, 6.45) is 13.2. The van der Waals surface area contributed by atoms with Crippen molar-refractivity contribution in [3.8, 4) is 0 Å². The van der Waals surface area contributed by atoms with Crippen LogP contribution in [0.5, 0.6) is 0 Å². The predicted molar refractivity (Wildman–Crippen MR) is 102 cm³/mol. The molecule has 0 aliphatic heterocycles. The summed E-state index contributed by atoms with van der Waals surface area (Å²) in [5.41, 5.74) is 4.03. The topological polar surface area (TPSA) is 41.2 Å². The first-order valence-corrected chi connectivity index (χ1v) is 10.4. The van der Waals surface area contributed by atoms with Gasteiger partial charge in [-0.3, -0.25) is 0 Å². The van der Waals surface area contributed by atoms with Crippen molar-refractivity contribution in [2.75, 3.05) is 0 Å². The normalized spacial score (nSPS) is 36.6. The van der Waals surface area contributed by atoms with Crippen LogP contribution in [0.1, 0.15) is 77.3 Å². The zero-order valence-corrected chi connectivity index (χ0v) is 18.0. The summed E-state index contributed by atoms with van der Waals surface area (Å²) in [5, 5.41) is 9.10. The smallest absolute Gasteiger partial charge is 0.370 e. The molecular formula is C23H34ClNO2. The average Bonchev–Trinajstić information content (AvgIpc) is 2.52. The van der Waals surface area contributed by atoms with Gasteiger partial charge >= 0.3 is 5.97 Å². The van der Waals surface area contributed by atoms with Gasteiger partial charge in [-0.15, -0.1) is 0 Å². The number of aromatic nitrogens is 1. The molecule has 3 aliphatic carbocycles. The Balaban J connectivity index is 0.00000210. The number of carbonyl (C=O) groups is 1. The van der Waals surface area contributed by atoms with Crippen LogP contribution in [0.15, 0.2) is 18.5 Å². The Morgan fingerprint density at radius 1 is 1.15 bits per heavy atom. The fourth-order valence-electron chi connectivity index (χ4n) is 7.52. The number of aryl methyl sites for hydroxylation is 1. The van der Waals surface area contributed by atoms with Crippen molar-refractivity contribution >= 4 is 5.97 Å². The summed E-state index contributed by atoms with van der Waals surface area (Å²) >= 11 is 0. The molecule has 4 atom stereocenters. The van der Waals surface area contributed by atoms with Crippen LogP contribution in [0.4, 0.5) is 0 Å². The van der Waals surface area contributed by atoms with Crippen LogP contribution in [0, 0.1) is 22.7 Å². The van der Waals surface area contributed by atoms with Crippen LogP contribution < -0.4 is 17.0 Å². The van der Waals surface area contributed by atoms with Gasteiger partial charge in [0.15, 0.2) is 12.4 Å². The van der Waals surface area contributed by atoms with Gasteiger partial charge in [-0.2, -0.15) is 4.57 Å². The molecular weight excluding hydrogens is 358 g/mol. The van der Waals surface area contributed by atoms with Crippen LogP contribution >= 0.6 is 0 Å². The van der Waals surface area contributed by atoms with E-state index in [1.165, 1.54) is 49.7 Å². The highest BCUT2D eigenvalue weighted by Crippen LogP contribution is 2.66. The lowest BCUT2D eigenvalue weighted by Gasteiger charge is -2.64. The molecule has 150 valence electrons. The molecule has 0 aromatic carbocycles. The van der Waals surface area contributed by atoms with Gasteiger partial charge in [0.25, 0.3) is 0 Å². The Bertz CT molecular complexity index is 746. The van der Waals surface area contributed by atoms with E-state index in [9.17, 15) is 4.79 Å². The summed E-state index contributed by atoms with van der Waals surface area (Å²) in [4.78, 5) is 11.1. The van der Waals surface area contributed by atoms with Crippen molar-refractivity contribution in [2.24, 2.45) is 22.7 Å². The minimum atomic E-state index is -0.771. The summed E-state index contributed by atoms with van der Waals surface area (Å²) in [6.45, 7) is 10.2. The van der Waals surface area contributed by atoms with Gasteiger partial charge in [-0.25, -0.2) is 4.79 Å². The van der Waals surface area contributed by atoms with Crippen LogP contribution in [0.2, 0.25) is 0 Å². The number of hydrogen-bond donors (Lipinski definition) is 1. The van der Waals surface area contributed by atoms with Crippen LogP contribution in [-0.2, 0) is 23.2 Å². The lowest BCUT2D eigenvalue weighted by atomic mass is 9.41. The molecule has 2 fully saturated rings. The number of fused-ring (bicyclic) bond motifs is 5. The maximum absolute atomic E-state index is 11.1. The summed E-state index contributed by atoms with van der Waals surface area (Å²) in [5.74, 6) is 0.812. The first kappa shape index (κ1) is 20.6. The molecule has 3 nitrogen and oxygen atoms in total. The molecule has 4 rings (SSSR count).